The van der Waals surface area contributed by atoms with E-state index in [4.69, 9.17) is 21.1 Å². The second-order valence-corrected chi connectivity index (χ2v) is 4.91. The Morgan fingerprint density at radius 1 is 1.35 bits per heavy atom. The molecule has 0 amide bonds. The van der Waals surface area contributed by atoms with Gasteiger partial charge in [-0.2, -0.15) is 8.75 Å². The number of carbonyl (C=O) groups is 1. The number of rotatable bonds is 4. The molecule has 2 aromatic heterocycles. The Hall–Kier alpha value is -2.12. The molecule has 2 heterocycles. The number of hydrogen-bond acceptors (Lipinski definition) is 6. The molecule has 3 aromatic rings. The van der Waals surface area contributed by atoms with Gasteiger partial charge in [-0.15, -0.1) is 0 Å². The van der Waals surface area contributed by atoms with E-state index in [0.717, 1.165) is 17.2 Å². The summed E-state index contributed by atoms with van der Waals surface area (Å²) in [6.45, 7) is 0.309. The van der Waals surface area contributed by atoms with E-state index in [2.05, 4.69) is 14.1 Å². The van der Waals surface area contributed by atoms with Gasteiger partial charge in [-0.3, -0.25) is 0 Å². The molecule has 2 N–H and O–H groups in total. The lowest BCUT2D eigenvalue weighted by molar-refractivity contribution is 0.0660. The fourth-order valence-corrected chi connectivity index (χ4v) is 2.52. The van der Waals surface area contributed by atoms with Gasteiger partial charge >= 0.3 is 5.97 Å². The molecule has 1 aromatic carbocycles. The number of nitrogens with zero attached hydrogens (tertiary/aromatic N) is 2. The first kappa shape index (κ1) is 12.9. The van der Waals surface area contributed by atoms with E-state index >= 15 is 0 Å². The van der Waals surface area contributed by atoms with Crippen LogP contribution in [0.3, 0.4) is 0 Å². The second-order valence-electron chi connectivity index (χ2n) is 3.98. The molecule has 0 atom stereocenters. The van der Waals surface area contributed by atoms with Crippen LogP contribution >= 0.6 is 23.3 Å². The Labute approximate surface area is 122 Å². The summed E-state index contributed by atoms with van der Waals surface area (Å²) in [5.41, 5.74) is 2.10. The molecule has 102 valence electrons. The highest BCUT2D eigenvalue weighted by atomic mass is 35.5. The molecule has 0 aliphatic heterocycles. The monoisotopic (exact) mass is 309 g/mol. The van der Waals surface area contributed by atoms with Crippen molar-refractivity contribution in [3.05, 3.63) is 40.8 Å². The van der Waals surface area contributed by atoms with Gasteiger partial charge < -0.3 is 14.8 Å². The fraction of sp³-hybridized carbons (Fsp3) is 0.0833. The molecular formula is C12H8ClN3O3S. The third-order valence-electron chi connectivity index (χ3n) is 2.69. The van der Waals surface area contributed by atoms with Gasteiger partial charge in [0.15, 0.2) is 0 Å². The van der Waals surface area contributed by atoms with Gasteiger partial charge in [0.1, 0.15) is 16.8 Å². The number of anilines is 1. The zero-order valence-corrected chi connectivity index (χ0v) is 11.5. The molecule has 0 bridgehead atoms. The van der Waals surface area contributed by atoms with Crippen molar-refractivity contribution in [2.24, 2.45) is 0 Å². The molecule has 0 saturated carbocycles. The average molecular weight is 310 g/mol. The number of halogens is 1. The number of benzene rings is 1. The number of nitrogens with one attached hydrogen (secondary N) is 1. The second kappa shape index (κ2) is 5.10. The standard InChI is InChI=1S/C12H8ClN3O3S/c13-7-2-3-8-11(16-20-15-8)10(7)14-5-6-1-4-9(19-6)12(17)18/h1-4,14H,5H2,(H,17,18). The van der Waals surface area contributed by atoms with Crippen LogP contribution in [0, 0.1) is 0 Å². The first-order valence-corrected chi connectivity index (χ1v) is 6.72. The highest BCUT2D eigenvalue weighted by molar-refractivity contribution is 7.00. The Bertz CT molecular complexity index is 783. The summed E-state index contributed by atoms with van der Waals surface area (Å²) in [5, 5.41) is 12.4. The third-order valence-corrected chi connectivity index (χ3v) is 3.55. The minimum absolute atomic E-state index is 0.0959. The summed E-state index contributed by atoms with van der Waals surface area (Å²) in [6.07, 6.45) is 0. The van der Waals surface area contributed by atoms with Crippen LogP contribution in [0.1, 0.15) is 16.3 Å². The van der Waals surface area contributed by atoms with Crippen molar-refractivity contribution >= 4 is 46.0 Å². The fourth-order valence-electron chi connectivity index (χ4n) is 1.76. The van der Waals surface area contributed by atoms with Gasteiger partial charge in [-0.1, -0.05) is 11.6 Å². The number of furan rings is 1. The first-order valence-electron chi connectivity index (χ1n) is 5.62. The normalized spacial score (nSPS) is 10.8. The predicted octanol–water partition coefficient (Wildman–Crippen LogP) is 3.25. The molecule has 0 radical (unpaired) electrons. The number of fused-ring (bicyclic) bond motifs is 1. The van der Waals surface area contributed by atoms with Gasteiger partial charge in [-0.25, -0.2) is 4.79 Å². The van der Waals surface area contributed by atoms with E-state index in [1.807, 2.05) is 0 Å². The van der Waals surface area contributed by atoms with Crippen molar-refractivity contribution < 1.29 is 14.3 Å². The zero-order chi connectivity index (χ0) is 14.1. The molecule has 0 aliphatic rings. The summed E-state index contributed by atoms with van der Waals surface area (Å²) in [6, 6.07) is 6.54. The quantitative estimate of drug-likeness (QED) is 0.769. The summed E-state index contributed by atoms with van der Waals surface area (Å²) in [5.74, 6) is -0.694. The lowest BCUT2D eigenvalue weighted by Crippen LogP contribution is -2.00. The van der Waals surface area contributed by atoms with Crippen LogP contribution in [-0.4, -0.2) is 19.8 Å². The van der Waals surface area contributed by atoms with Crippen molar-refractivity contribution in [2.75, 3.05) is 5.32 Å². The van der Waals surface area contributed by atoms with Crippen LogP contribution in [0.25, 0.3) is 11.0 Å². The summed E-state index contributed by atoms with van der Waals surface area (Å²) >= 11 is 7.24. The highest BCUT2D eigenvalue weighted by Gasteiger charge is 2.12. The molecule has 0 spiro atoms. The molecule has 0 fully saturated rings. The molecule has 0 saturated heterocycles. The molecule has 8 heteroatoms. The van der Waals surface area contributed by atoms with Gasteiger partial charge in [0.05, 0.1) is 29.0 Å². The minimum atomic E-state index is -1.10. The first-order chi connectivity index (χ1) is 9.65. The third kappa shape index (κ3) is 2.33. The Kier molecular flexibility index (Phi) is 3.29. The minimum Gasteiger partial charge on any atom is -0.475 e. The smallest absolute Gasteiger partial charge is 0.371 e. The van der Waals surface area contributed by atoms with Gasteiger partial charge in [0, 0.05) is 0 Å². The van der Waals surface area contributed by atoms with E-state index in [1.165, 1.54) is 6.07 Å². The summed E-state index contributed by atoms with van der Waals surface area (Å²) in [4.78, 5) is 10.7. The number of carboxylic acids is 1. The van der Waals surface area contributed by atoms with Crippen molar-refractivity contribution in [1.29, 1.82) is 0 Å². The van der Waals surface area contributed by atoms with Crippen molar-refractivity contribution in [1.82, 2.24) is 8.75 Å². The topological polar surface area (TPSA) is 88.2 Å². The van der Waals surface area contributed by atoms with Gasteiger partial charge in [0.25, 0.3) is 0 Å². The van der Waals surface area contributed by atoms with E-state index in [9.17, 15) is 4.79 Å². The molecule has 20 heavy (non-hydrogen) atoms. The molecule has 0 aliphatic carbocycles. The Balaban J connectivity index is 1.84. The predicted molar refractivity (Wildman–Crippen MR) is 75.4 cm³/mol. The van der Waals surface area contributed by atoms with Crippen LogP contribution in [0.2, 0.25) is 5.02 Å². The van der Waals surface area contributed by atoms with Crippen LogP contribution in [0.4, 0.5) is 5.69 Å². The lowest BCUT2D eigenvalue weighted by atomic mass is 10.2. The van der Waals surface area contributed by atoms with Gasteiger partial charge in [-0.05, 0) is 24.3 Å². The SMILES string of the molecule is O=C(O)c1ccc(CNc2c(Cl)ccc3nsnc23)o1. The number of carboxylic acid groups (broad SMARTS) is 1. The summed E-state index contributed by atoms with van der Waals surface area (Å²) in [7, 11) is 0. The van der Waals surface area contributed by atoms with E-state index in [-0.39, 0.29) is 5.76 Å². The molecule has 0 unspecified atom stereocenters. The number of aromatic carboxylic acids is 1. The maximum absolute atomic E-state index is 10.7. The van der Waals surface area contributed by atoms with Crippen molar-refractivity contribution in [2.45, 2.75) is 6.54 Å². The Morgan fingerprint density at radius 3 is 2.95 bits per heavy atom. The number of aromatic nitrogens is 2. The van der Waals surface area contributed by atoms with E-state index < -0.39 is 5.97 Å². The van der Waals surface area contributed by atoms with Crippen LogP contribution in [0.5, 0.6) is 0 Å². The Morgan fingerprint density at radius 2 is 2.20 bits per heavy atom. The highest BCUT2D eigenvalue weighted by Crippen LogP contribution is 2.30. The average Bonchev–Trinajstić information content (AvgIpc) is 3.05. The van der Waals surface area contributed by atoms with Crippen molar-refractivity contribution in [3.8, 4) is 0 Å². The maximum Gasteiger partial charge on any atom is 0.371 e. The van der Waals surface area contributed by atoms with Crippen LogP contribution < -0.4 is 5.32 Å². The number of hydrogen-bond donors (Lipinski definition) is 2. The van der Waals surface area contributed by atoms with Crippen LogP contribution in [0.15, 0.2) is 28.7 Å². The summed E-state index contributed by atoms with van der Waals surface area (Å²) < 4.78 is 13.5. The maximum atomic E-state index is 10.7. The van der Waals surface area contributed by atoms with E-state index in [0.29, 0.717) is 28.5 Å². The largest absolute Gasteiger partial charge is 0.475 e. The van der Waals surface area contributed by atoms with E-state index in [1.54, 1.807) is 18.2 Å². The van der Waals surface area contributed by atoms with Crippen LogP contribution in [-0.2, 0) is 6.54 Å². The zero-order valence-electron chi connectivity index (χ0n) is 9.96. The molecule has 6 nitrogen and oxygen atoms in total. The van der Waals surface area contributed by atoms with Crippen molar-refractivity contribution in [3.63, 3.8) is 0 Å². The molecular weight excluding hydrogens is 302 g/mol. The lowest BCUT2D eigenvalue weighted by Gasteiger charge is -2.06. The molecule has 3 rings (SSSR count). The van der Waals surface area contributed by atoms with Gasteiger partial charge in [0.2, 0.25) is 5.76 Å².